The van der Waals surface area contributed by atoms with Crippen molar-refractivity contribution in [2.45, 2.75) is 31.4 Å². The predicted molar refractivity (Wildman–Crippen MR) is 85.8 cm³/mol. The van der Waals surface area contributed by atoms with Gasteiger partial charge >= 0.3 is 0 Å². The third kappa shape index (κ3) is 2.67. The normalized spacial score (nSPS) is 21.6. The molecule has 1 aromatic heterocycles. The molecule has 1 aromatic rings. The standard InChI is InChI=1S/C15H23N3O3S/c1-3-21-13-5-4-8-16-14(13)17-9-11-18(12-10-17)22(19,20)15(2)6-7-15/h4-5,8H,3,6-7,9-12H2,1-2H3. The van der Waals surface area contributed by atoms with E-state index in [0.29, 0.717) is 32.8 Å². The lowest BCUT2D eigenvalue weighted by Crippen LogP contribution is -2.51. The molecule has 1 aliphatic carbocycles. The molecule has 2 heterocycles. The predicted octanol–water partition coefficient (Wildman–Crippen LogP) is 1.48. The van der Waals surface area contributed by atoms with Gasteiger partial charge in [-0.1, -0.05) is 0 Å². The molecule has 6 nitrogen and oxygen atoms in total. The molecule has 2 fully saturated rings. The largest absolute Gasteiger partial charge is 0.490 e. The van der Waals surface area contributed by atoms with Crippen LogP contribution < -0.4 is 9.64 Å². The summed E-state index contributed by atoms with van der Waals surface area (Å²) in [6.45, 7) is 6.70. The number of pyridine rings is 1. The van der Waals surface area contributed by atoms with E-state index in [0.717, 1.165) is 24.4 Å². The lowest BCUT2D eigenvalue weighted by molar-refractivity contribution is 0.334. The Kier molecular flexibility index (Phi) is 4.03. The average molecular weight is 325 g/mol. The monoisotopic (exact) mass is 325 g/mol. The van der Waals surface area contributed by atoms with E-state index in [9.17, 15) is 8.42 Å². The van der Waals surface area contributed by atoms with Crippen LogP contribution in [0, 0.1) is 0 Å². The minimum absolute atomic E-state index is 0.514. The molecule has 0 atom stereocenters. The van der Waals surface area contributed by atoms with Gasteiger partial charge in [0.25, 0.3) is 0 Å². The van der Waals surface area contributed by atoms with Crippen LogP contribution in [0.4, 0.5) is 5.82 Å². The van der Waals surface area contributed by atoms with Gasteiger partial charge in [-0.25, -0.2) is 13.4 Å². The Morgan fingerprint density at radius 3 is 2.55 bits per heavy atom. The first-order chi connectivity index (χ1) is 10.5. The molecule has 1 saturated heterocycles. The number of piperazine rings is 1. The lowest BCUT2D eigenvalue weighted by atomic mass is 10.3. The first-order valence-electron chi connectivity index (χ1n) is 7.80. The van der Waals surface area contributed by atoms with Crippen molar-refractivity contribution < 1.29 is 13.2 Å². The summed E-state index contributed by atoms with van der Waals surface area (Å²) in [4.78, 5) is 6.51. The van der Waals surface area contributed by atoms with Crippen molar-refractivity contribution in [2.75, 3.05) is 37.7 Å². The minimum Gasteiger partial charge on any atom is -0.490 e. The number of hydrogen-bond acceptors (Lipinski definition) is 5. The highest BCUT2D eigenvalue weighted by molar-refractivity contribution is 7.90. The summed E-state index contributed by atoms with van der Waals surface area (Å²) in [7, 11) is -3.16. The second-order valence-electron chi connectivity index (χ2n) is 6.10. The summed E-state index contributed by atoms with van der Waals surface area (Å²) in [5, 5.41) is 0. The van der Waals surface area contributed by atoms with Crippen molar-refractivity contribution in [2.24, 2.45) is 0 Å². The van der Waals surface area contributed by atoms with Gasteiger partial charge in [0.2, 0.25) is 10.0 Å². The maximum Gasteiger partial charge on any atom is 0.219 e. The van der Waals surface area contributed by atoms with Crippen molar-refractivity contribution in [1.82, 2.24) is 9.29 Å². The third-order valence-corrected chi connectivity index (χ3v) is 7.20. The highest BCUT2D eigenvalue weighted by Gasteiger charge is 2.53. The van der Waals surface area contributed by atoms with E-state index in [2.05, 4.69) is 9.88 Å². The van der Waals surface area contributed by atoms with Gasteiger partial charge in [-0.05, 0) is 38.8 Å². The molecule has 0 amide bonds. The lowest BCUT2D eigenvalue weighted by Gasteiger charge is -2.36. The summed E-state index contributed by atoms with van der Waals surface area (Å²) >= 11 is 0. The Morgan fingerprint density at radius 2 is 1.95 bits per heavy atom. The molecule has 0 N–H and O–H groups in total. The van der Waals surface area contributed by atoms with Gasteiger partial charge in [-0.2, -0.15) is 4.31 Å². The van der Waals surface area contributed by atoms with Gasteiger partial charge < -0.3 is 9.64 Å². The number of aromatic nitrogens is 1. The van der Waals surface area contributed by atoms with Gasteiger partial charge in [0.05, 0.1) is 11.4 Å². The fourth-order valence-corrected chi connectivity index (χ4v) is 4.66. The van der Waals surface area contributed by atoms with Crippen LogP contribution in [0.1, 0.15) is 26.7 Å². The third-order valence-electron chi connectivity index (χ3n) is 4.51. The van der Waals surface area contributed by atoms with Gasteiger partial charge in [0, 0.05) is 32.4 Å². The van der Waals surface area contributed by atoms with Crippen LogP contribution in [0.2, 0.25) is 0 Å². The number of rotatable bonds is 5. The topological polar surface area (TPSA) is 62.7 Å². The Bertz CT molecular complexity index is 635. The molecule has 0 spiro atoms. The van der Waals surface area contributed by atoms with Gasteiger partial charge in [0.15, 0.2) is 11.6 Å². The highest BCUT2D eigenvalue weighted by Crippen LogP contribution is 2.44. The van der Waals surface area contributed by atoms with E-state index in [1.54, 1.807) is 10.5 Å². The van der Waals surface area contributed by atoms with Gasteiger partial charge in [-0.15, -0.1) is 0 Å². The molecule has 0 bridgehead atoms. The maximum absolute atomic E-state index is 12.5. The van der Waals surface area contributed by atoms with E-state index in [1.807, 2.05) is 26.0 Å². The molecular formula is C15H23N3O3S. The fraction of sp³-hybridized carbons (Fsp3) is 0.667. The number of hydrogen-bond donors (Lipinski definition) is 0. The van der Waals surface area contributed by atoms with Crippen LogP contribution in [-0.4, -0.2) is 55.2 Å². The van der Waals surface area contributed by atoms with Crippen LogP contribution in [0.25, 0.3) is 0 Å². The first-order valence-corrected chi connectivity index (χ1v) is 9.24. The summed E-state index contributed by atoms with van der Waals surface area (Å²) in [5.74, 6) is 1.56. The Hall–Kier alpha value is -1.34. The van der Waals surface area contributed by atoms with E-state index in [-0.39, 0.29) is 0 Å². The van der Waals surface area contributed by atoms with Crippen LogP contribution >= 0.6 is 0 Å². The van der Waals surface area contributed by atoms with Crippen LogP contribution in [0.5, 0.6) is 5.75 Å². The number of anilines is 1. The van der Waals surface area contributed by atoms with Crippen molar-refractivity contribution in [3.8, 4) is 5.75 Å². The van der Waals surface area contributed by atoms with E-state index in [4.69, 9.17) is 4.74 Å². The zero-order valence-electron chi connectivity index (χ0n) is 13.2. The van der Waals surface area contributed by atoms with Crippen molar-refractivity contribution >= 4 is 15.8 Å². The SMILES string of the molecule is CCOc1cccnc1N1CCN(S(=O)(=O)C2(C)CC2)CC1. The van der Waals surface area contributed by atoms with Crippen LogP contribution in [0.15, 0.2) is 18.3 Å². The Labute approximate surface area is 132 Å². The van der Waals surface area contributed by atoms with Gasteiger partial charge in [0.1, 0.15) is 0 Å². The number of sulfonamides is 1. The molecule has 7 heteroatoms. The Morgan fingerprint density at radius 1 is 1.27 bits per heavy atom. The molecule has 22 heavy (non-hydrogen) atoms. The van der Waals surface area contributed by atoms with E-state index >= 15 is 0 Å². The summed E-state index contributed by atoms with van der Waals surface area (Å²) in [6, 6.07) is 3.75. The molecule has 0 radical (unpaired) electrons. The molecule has 0 unspecified atom stereocenters. The van der Waals surface area contributed by atoms with Crippen molar-refractivity contribution in [3.05, 3.63) is 18.3 Å². The Balaban J connectivity index is 1.70. The van der Waals surface area contributed by atoms with Crippen LogP contribution in [0.3, 0.4) is 0 Å². The summed E-state index contributed by atoms with van der Waals surface area (Å²) in [5.41, 5.74) is 0. The molecule has 1 aliphatic heterocycles. The molecule has 0 aromatic carbocycles. The maximum atomic E-state index is 12.5. The van der Waals surface area contributed by atoms with E-state index < -0.39 is 14.8 Å². The zero-order chi connectivity index (χ0) is 15.8. The average Bonchev–Trinajstić information content (AvgIpc) is 3.28. The second kappa shape index (κ2) is 5.70. The second-order valence-corrected chi connectivity index (χ2v) is 8.55. The number of ether oxygens (including phenoxy) is 1. The van der Waals surface area contributed by atoms with Crippen molar-refractivity contribution in [1.29, 1.82) is 0 Å². The van der Waals surface area contributed by atoms with Crippen LogP contribution in [-0.2, 0) is 10.0 Å². The zero-order valence-corrected chi connectivity index (χ0v) is 14.0. The first kappa shape index (κ1) is 15.6. The number of nitrogens with zero attached hydrogens (tertiary/aromatic N) is 3. The molecule has 2 aliphatic rings. The minimum atomic E-state index is -3.16. The summed E-state index contributed by atoms with van der Waals surface area (Å²) < 4.78 is 31.8. The van der Waals surface area contributed by atoms with Crippen molar-refractivity contribution in [3.63, 3.8) is 0 Å². The smallest absolute Gasteiger partial charge is 0.219 e. The quantitative estimate of drug-likeness (QED) is 0.821. The summed E-state index contributed by atoms with van der Waals surface area (Å²) in [6.07, 6.45) is 3.31. The van der Waals surface area contributed by atoms with Gasteiger partial charge in [-0.3, -0.25) is 0 Å². The molecule has 3 rings (SSSR count). The molecular weight excluding hydrogens is 302 g/mol. The van der Waals surface area contributed by atoms with E-state index in [1.165, 1.54) is 0 Å². The highest BCUT2D eigenvalue weighted by atomic mass is 32.2. The molecule has 1 saturated carbocycles. The molecule has 122 valence electrons. The fourth-order valence-electron chi connectivity index (χ4n) is 2.77.